The summed E-state index contributed by atoms with van der Waals surface area (Å²) in [6.45, 7) is 7.20. The van der Waals surface area contributed by atoms with Crippen LogP contribution in [-0.4, -0.2) is 31.9 Å². The second-order valence-corrected chi connectivity index (χ2v) is 13.1. The number of benzene rings is 1. The highest BCUT2D eigenvalue weighted by Crippen LogP contribution is 2.67. The smallest absolute Gasteiger partial charge is 0.155 e. The molecule has 0 radical (unpaired) electrons. The second kappa shape index (κ2) is 7.04. The molecule has 0 aromatic heterocycles. The third kappa shape index (κ3) is 3.29. The van der Waals surface area contributed by atoms with Gasteiger partial charge in [0.25, 0.3) is 0 Å². The van der Waals surface area contributed by atoms with E-state index in [9.17, 15) is 0 Å². The van der Waals surface area contributed by atoms with Crippen molar-refractivity contribution in [2.45, 2.75) is 39.5 Å². The van der Waals surface area contributed by atoms with E-state index in [0.29, 0.717) is 0 Å². The van der Waals surface area contributed by atoms with Crippen molar-refractivity contribution >= 4 is 23.8 Å². The number of hydrogen-bond donors (Lipinski definition) is 2. The van der Waals surface area contributed by atoms with E-state index >= 15 is 0 Å². The van der Waals surface area contributed by atoms with Gasteiger partial charge in [0, 0.05) is 6.42 Å². The van der Waals surface area contributed by atoms with E-state index in [0.717, 1.165) is 12.1 Å². The number of para-hydroxylation sites is 1. The Labute approximate surface area is 169 Å². The minimum absolute atomic E-state index is 0.158. The van der Waals surface area contributed by atoms with E-state index in [2.05, 4.69) is 79.2 Å². The molecular weight excluding hydrogens is 371 g/mol. The van der Waals surface area contributed by atoms with E-state index < -0.39 is 6.34 Å². The lowest BCUT2D eigenvalue weighted by atomic mass is 9.82. The standard InChI is InChI=1S/C21H31N4PS/c1-21(2)15-18-20(19(16-21)24-13-9-6-10-14-24)26(27,23(3)4)25(22-18)17-11-7-5-8-12-17/h5,7-8,11-12,15,22H,6,9-10,13-14,16H2,1-4H3/p+1/t26-/m0/s1. The van der Waals surface area contributed by atoms with E-state index in [-0.39, 0.29) is 5.41 Å². The van der Waals surface area contributed by atoms with Crippen LogP contribution < -0.4 is 15.1 Å². The van der Waals surface area contributed by atoms with Crippen LogP contribution in [0.1, 0.15) is 39.5 Å². The van der Waals surface area contributed by atoms with Gasteiger partial charge in [-0.2, -0.15) is 0 Å². The number of allylic oxidation sites excluding steroid dienone is 3. The maximum absolute atomic E-state index is 6.50. The molecule has 146 valence electrons. The number of quaternary nitrogens is 1. The molecule has 1 aliphatic carbocycles. The number of fused-ring (bicyclic) bond motifs is 1. The van der Waals surface area contributed by atoms with Gasteiger partial charge in [-0.05, 0) is 50.9 Å². The maximum atomic E-state index is 6.50. The molecule has 27 heavy (non-hydrogen) atoms. The van der Waals surface area contributed by atoms with Crippen LogP contribution in [-0.2, 0) is 11.8 Å². The molecule has 3 aliphatic rings. The van der Waals surface area contributed by atoms with Gasteiger partial charge in [-0.1, -0.05) is 49.9 Å². The molecule has 2 N–H and O–H groups in total. The SMILES string of the molecule is CN(C)[P@@]1(=S)C2=C([NH+]3CCCCC3)CC(C)(C)C=C2NN1c1ccccc1. The number of piperidine rings is 1. The highest BCUT2D eigenvalue weighted by Gasteiger charge is 2.49. The molecule has 1 aromatic carbocycles. The van der Waals surface area contributed by atoms with E-state index in [1.165, 1.54) is 43.4 Å². The molecule has 0 bridgehead atoms. The van der Waals surface area contributed by atoms with Gasteiger partial charge in [-0.15, -0.1) is 0 Å². The van der Waals surface area contributed by atoms with Crippen molar-refractivity contribution in [2.24, 2.45) is 5.41 Å². The van der Waals surface area contributed by atoms with Gasteiger partial charge in [0.15, 0.2) is 6.34 Å². The zero-order chi connectivity index (χ0) is 19.2. The third-order valence-electron chi connectivity index (χ3n) is 5.92. The average molecular weight is 404 g/mol. The number of hydrazine groups is 1. The lowest BCUT2D eigenvalue weighted by Gasteiger charge is -2.37. The van der Waals surface area contributed by atoms with Gasteiger partial charge in [-0.3, -0.25) is 10.1 Å². The first-order valence-electron chi connectivity index (χ1n) is 10.1. The lowest BCUT2D eigenvalue weighted by Crippen LogP contribution is -3.11. The lowest BCUT2D eigenvalue weighted by molar-refractivity contribution is -0.868. The van der Waals surface area contributed by atoms with Crippen LogP contribution in [0.25, 0.3) is 0 Å². The van der Waals surface area contributed by atoms with Gasteiger partial charge < -0.3 is 4.90 Å². The predicted molar refractivity (Wildman–Crippen MR) is 118 cm³/mol. The highest BCUT2D eigenvalue weighted by molar-refractivity contribution is 8.16. The van der Waals surface area contributed by atoms with Crippen LogP contribution in [0.3, 0.4) is 0 Å². The molecular formula is C21H32N4PS+. The van der Waals surface area contributed by atoms with Gasteiger partial charge in [0.05, 0.1) is 24.5 Å². The van der Waals surface area contributed by atoms with E-state index in [1.54, 1.807) is 10.6 Å². The maximum Gasteiger partial charge on any atom is 0.155 e. The molecule has 2 fully saturated rings. The Morgan fingerprint density at radius 2 is 1.78 bits per heavy atom. The Morgan fingerprint density at radius 3 is 2.41 bits per heavy atom. The average Bonchev–Trinajstić information content (AvgIpc) is 2.95. The molecule has 2 aliphatic heterocycles. The Bertz CT molecular complexity index is 822. The summed E-state index contributed by atoms with van der Waals surface area (Å²) < 4.78 is 4.58. The number of hydrogen-bond acceptors (Lipinski definition) is 2. The summed E-state index contributed by atoms with van der Waals surface area (Å²) in [5, 5.41) is 1.42. The van der Waals surface area contributed by atoms with Gasteiger partial charge in [0.2, 0.25) is 0 Å². The Kier molecular flexibility index (Phi) is 5.00. The summed E-state index contributed by atoms with van der Waals surface area (Å²) in [6, 6.07) is 10.6. The zero-order valence-electron chi connectivity index (χ0n) is 17.0. The second-order valence-electron chi connectivity index (χ2n) is 8.87. The molecule has 2 saturated heterocycles. The van der Waals surface area contributed by atoms with Crippen molar-refractivity contribution in [3.8, 4) is 0 Å². The van der Waals surface area contributed by atoms with Crippen LogP contribution in [0.5, 0.6) is 0 Å². The molecule has 4 nitrogen and oxygen atoms in total. The van der Waals surface area contributed by atoms with Crippen molar-refractivity contribution in [3.05, 3.63) is 53.1 Å². The number of nitrogens with zero attached hydrogens (tertiary/aromatic N) is 2. The van der Waals surface area contributed by atoms with Crippen molar-refractivity contribution in [2.75, 3.05) is 32.0 Å². The van der Waals surface area contributed by atoms with Crippen LogP contribution in [0.2, 0.25) is 0 Å². The predicted octanol–water partition coefficient (Wildman–Crippen LogP) is 3.48. The first-order valence-corrected chi connectivity index (χ1v) is 12.8. The van der Waals surface area contributed by atoms with E-state index in [1.807, 2.05) is 0 Å². The quantitative estimate of drug-likeness (QED) is 0.755. The van der Waals surface area contributed by atoms with Gasteiger partial charge in [0.1, 0.15) is 11.0 Å². The molecule has 6 heteroatoms. The minimum Gasteiger partial charge on any atom is -0.305 e. The van der Waals surface area contributed by atoms with Crippen LogP contribution in [0, 0.1) is 5.41 Å². The summed E-state index contributed by atoms with van der Waals surface area (Å²) >= 11 is 6.50. The normalized spacial score (nSPS) is 28.2. The number of likely N-dealkylation sites (tertiary alicyclic amines) is 1. The van der Waals surface area contributed by atoms with Gasteiger partial charge in [-0.25, -0.2) is 4.78 Å². The fraction of sp³-hybridized carbons (Fsp3) is 0.524. The summed E-state index contributed by atoms with van der Waals surface area (Å²) in [6.07, 6.45) is 5.44. The van der Waals surface area contributed by atoms with E-state index in [4.69, 9.17) is 11.8 Å². The fourth-order valence-corrected chi connectivity index (χ4v) is 8.35. The molecule has 1 atom stereocenters. The first kappa shape index (κ1) is 19.2. The molecule has 0 spiro atoms. The molecule has 2 heterocycles. The van der Waals surface area contributed by atoms with Gasteiger partial charge >= 0.3 is 0 Å². The van der Waals surface area contributed by atoms with Crippen molar-refractivity contribution in [1.29, 1.82) is 0 Å². The summed E-state index contributed by atoms with van der Waals surface area (Å²) in [7, 11) is 4.30. The Hall–Kier alpha value is -1.13. The van der Waals surface area contributed by atoms with Crippen LogP contribution >= 0.6 is 6.34 Å². The van der Waals surface area contributed by atoms with Crippen molar-refractivity contribution in [3.63, 3.8) is 0 Å². The number of nitrogens with one attached hydrogen (secondary N) is 2. The topological polar surface area (TPSA) is 23.0 Å². The first-order chi connectivity index (χ1) is 12.8. The monoisotopic (exact) mass is 403 g/mol. The van der Waals surface area contributed by atoms with Crippen LogP contribution in [0.4, 0.5) is 5.69 Å². The molecule has 1 aromatic rings. The molecule has 0 amide bonds. The minimum atomic E-state index is -2.11. The highest BCUT2D eigenvalue weighted by atomic mass is 32.4. The van der Waals surface area contributed by atoms with Crippen molar-refractivity contribution < 1.29 is 4.90 Å². The van der Waals surface area contributed by atoms with Crippen molar-refractivity contribution in [1.82, 2.24) is 10.1 Å². The summed E-state index contributed by atoms with van der Waals surface area (Å²) in [5.41, 5.74) is 7.87. The largest absolute Gasteiger partial charge is 0.305 e. The third-order valence-corrected chi connectivity index (χ3v) is 11.0. The number of anilines is 1. The summed E-state index contributed by atoms with van der Waals surface area (Å²) in [5.74, 6) is 0. The summed E-state index contributed by atoms with van der Waals surface area (Å²) in [4.78, 5) is 1.67. The number of rotatable bonds is 3. The molecule has 0 unspecified atom stereocenters. The molecule has 0 saturated carbocycles. The molecule has 4 rings (SSSR count). The zero-order valence-corrected chi connectivity index (χ0v) is 18.7. The Balaban J connectivity index is 1.89. The van der Waals surface area contributed by atoms with Crippen LogP contribution in [0.15, 0.2) is 53.1 Å². The fourth-order valence-electron chi connectivity index (χ4n) is 4.65. The Morgan fingerprint density at radius 1 is 1.11 bits per heavy atom.